The van der Waals surface area contributed by atoms with Crippen LogP contribution in [-0.2, 0) is 0 Å². The van der Waals surface area contributed by atoms with Crippen LogP contribution in [0, 0.1) is 11.3 Å². The van der Waals surface area contributed by atoms with Crippen LogP contribution in [0.2, 0.25) is 0 Å². The highest BCUT2D eigenvalue weighted by atomic mass is 32.2. The van der Waals surface area contributed by atoms with Gasteiger partial charge in [0.25, 0.3) is 0 Å². The molecule has 2 heteroatoms. The number of hydrogen-bond acceptors (Lipinski definition) is 2. The van der Waals surface area contributed by atoms with Crippen molar-refractivity contribution in [2.24, 2.45) is 11.3 Å². The maximum atomic E-state index is 3.80. The minimum absolute atomic E-state index is 0.428. The lowest BCUT2D eigenvalue weighted by Crippen LogP contribution is -2.40. The van der Waals surface area contributed by atoms with E-state index in [0.717, 1.165) is 11.2 Å². The van der Waals surface area contributed by atoms with Gasteiger partial charge < -0.3 is 5.32 Å². The van der Waals surface area contributed by atoms with E-state index in [-0.39, 0.29) is 0 Å². The minimum atomic E-state index is 0.428. The Bertz CT molecular complexity index is 222. The van der Waals surface area contributed by atoms with Crippen molar-refractivity contribution in [3.63, 3.8) is 0 Å². The fourth-order valence-corrected chi connectivity index (χ4v) is 4.86. The quantitative estimate of drug-likeness (QED) is 0.772. The van der Waals surface area contributed by atoms with Gasteiger partial charge in [-0.05, 0) is 24.2 Å². The van der Waals surface area contributed by atoms with E-state index in [4.69, 9.17) is 0 Å². The average molecular weight is 213 g/mol. The minimum Gasteiger partial charge on any atom is -0.301 e. The van der Waals surface area contributed by atoms with Gasteiger partial charge in [-0.2, -0.15) is 0 Å². The Morgan fingerprint density at radius 1 is 1.43 bits per heavy atom. The molecular formula is C12H23NS. The summed E-state index contributed by atoms with van der Waals surface area (Å²) in [4.78, 5) is 0.428. The van der Waals surface area contributed by atoms with Crippen LogP contribution in [0.5, 0.6) is 0 Å². The van der Waals surface area contributed by atoms with E-state index in [2.05, 4.69) is 44.8 Å². The molecule has 3 atom stereocenters. The van der Waals surface area contributed by atoms with Gasteiger partial charge in [0.15, 0.2) is 0 Å². The molecule has 0 radical (unpaired) electrons. The highest BCUT2D eigenvalue weighted by Gasteiger charge is 2.59. The number of nitrogens with one attached hydrogen (secondary N) is 1. The van der Waals surface area contributed by atoms with E-state index in [0.29, 0.717) is 10.3 Å². The molecule has 2 fully saturated rings. The lowest BCUT2D eigenvalue weighted by atomic mass is 9.99. The zero-order chi connectivity index (χ0) is 10.4. The van der Waals surface area contributed by atoms with E-state index in [1.807, 2.05) is 0 Å². The Hall–Kier alpha value is 0.310. The monoisotopic (exact) mass is 213 g/mol. The van der Waals surface area contributed by atoms with Gasteiger partial charge in [0.05, 0.1) is 4.87 Å². The third-order valence-electron chi connectivity index (χ3n) is 3.80. The fourth-order valence-electron chi connectivity index (χ4n) is 2.92. The molecule has 1 N–H and O–H groups in total. The molecule has 1 saturated carbocycles. The highest BCUT2D eigenvalue weighted by Crippen LogP contribution is 2.63. The van der Waals surface area contributed by atoms with Crippen molar-refractivity contribution in [1.82, 2.24) is 5.32 Å². The van der Waals surface area contributed by atoms with Crippen LogP contribution in [0.4, 0.5) is 0 Å². The number of hydrogen-bond donors (Lipinski definition) is 1. The van der Waals surface area contributed by atoms with Gasteiger partial charge in [0.2, 0.25) is 0 Å². The first kappa shape index (κ1) is 10.8. The number of thioether (sulfide) groups is 1. The molecule has 0 bridgehead atoms. The summed E-state index contributed by atoms with van der Waals surface area (Å²) in [7, 11) is 0. The third-order valence-corrected chi connectivity index (χ3v) is 5.42. The molecule has 82 valence electrons. The van der Waals surface area contributed by atoms with E-state index in [1.165, 1.54) is 25.8 Å². The zero-order valence-electron chi connectivity index (χ0n) is 9.89. The second-order valence-electron chi connectivity index (χ2n) is 5.69. The summed E-state index contributed by atoms with van der Waals surface area (Å²) in [6.45, 7) is 10.7. The maximum Gasteiger partial charge on any atom is 0.0682 e. The zero-order valence-corrected chi connectivity index (χ0v) is 10.7. The van der Waals surface area contributed by atoms with E-state index >= 15 is 0 Å². The van der Waals surface area contributed by atoms with Crippen molar-refractivity contribution < 1.29 is 0 Å². The highest BCUT2D eigenvalue weighted by molar-refractivity contribution is 8.01. The summed E-state index contributed by atoms with van der Waals surface area (Å²) in [5, 5.41) is 4.60. The lowest BCUT2D eigenvalue weighted by Gasteiger charge is -2.30. The SMILES string of the molecule is CCCC1(C2CC2(C)C)NCC(C)S1. The van der Waals surface area contributed by atoms with Crippen molar-refractivity contribution >= 4 is 11.8 Å². The summed E-state index contributed by atoms with van der Waals surface area (Å²) in [6, 6.07) is 0. The van der Waals surface area contributed by atoms with Crippen LogP contribution in [0.3, 0.4) is 0 Å². The Kier molecular flexibility index (Phi) is 2.64. The van der Waals surface area contributed by atoms with Gasteiger partial charge in [-0.3, -0.25) is 0 Å². The molecule has 0 spiro atoms. The van der Waals surface area contributed by atoms with Crippen molar-refractivity contribution in [2.75, 3.05) is 6.54 Å². The average Bonchev–Trinajstić information content (AvgIpc) is 2.55. The van der Waals surface area contributed by atoms with Gasteiger partial charge in [0, 0.05) is 11.8 Å². The summed E-state index contributed by atoms with van der Waals surface area (Å²) in [6.07, 6.45) is 4.06. The summed E-state index contributed by atoms with van der Waals surface area (Å²) in [5.74, 6) is 0.907. The van der Waals surface area contributed by atoms with Crippen LogP contribution in [0.15, 0.2) is 0 Å². The predicted octanol–water partition coefficient (Wildman–Crippen LogP) is 3.25. The fraction of sp³-hybridized carbons (Fsp3) is 1.00. The maximum absolute atomic E-state index is 3.80. The molecule has 1 aliphatic carbocycles. The molecule has 0 amide bonds. The molecule has 1 heterocycles. The van der Waals surface area contributed by atoms with Crippen LogP contribution in [0.1, 0.15) is 47.0 Å². The Morgan fingerprint density at radius 2 is 2.07 bits per heavy atom. The number of rotatable bonds is 3. The van der Waals surface area contributed by atoms with Crippen molar-refractivity contribution in [2.45, 2.75) is 57.1 Å². The van der Waals surface area contributed by atoms with Crippen molar-refractivity contribution in [3.05, 3.63) is 0 Å². The first-order chi connectivity index (χ1) is 6.50. The third kappa shape index (κ3) is 1.71. The smallest absolute Gasteiger partial charge is 0.0682 e. The van der Waals surface area contributed by atoms with Gasteiger partial charge in [-0.15, -0.1) is 11.8 Å². The van der Waals surface area contributed by atoms with E-state index in [9.17, 15) is 0 Å². The van der Waals surface area contributed by atoms with Gasteiger partial charge in [0.1, 0.15) is 0 Å². The summed E-state index contributed by atoms with van der Waals surface area (Å²) in [5.41, 5.74) is 0.596. The molecule has 1 nitrogen and oxygen atoms in total. The molecule has 3 unspecified atom stereocenters. The summed E-state index contributed by atoms with van der Waals surface area (Å²) >= 11 is 2.20. The normalized spacial score (nSPS) is 45.4. The molecule has 0 aromatic rings. The topological polar surface area (TPSA) is 12.0 Å². The van der Waals surface area contributed by atoms with Gasteiger partial charge >= 0.3 is 0 Å². The molecule has 14 heavy (non-hydrogen) atoms. The summed E-state index contributed by atoms with van der Waals surface area (Å²) < 4.78 is 0. The lowest BCUT2D eigenvalue weighted by molar-refractivity contribution is 0.362. The molecule has 1 aliphatic heterocycles. The van der Waals surface area contributed by atoms with Crippen molar-refractivity contribution in [1.29, 1.82) is 0 Å². The Labute approximate surface area is 92.4 Å². The molecule has 0 aromatic carbocycles. The van der Waals surface area contributed by atoms with Crippen molar-refractivity contribution in [3.8, 4) is 0 Å². The van der Waals surface area contributed by atoms with Crippen LogP contribution in [-0.4, -0.2) is 16.7 Å². The first-order valence-electron chi connectivity index (χ1n) is 5.93. The molecule has 2 aliphatic rings. The van der Waals surface area contributed by atoms with Crippen LogP contribution in [0.25, 0.3) is 0 Å². The van der Waals surface area contributed by atoms with E-state index in [1.54, 1.807) is 0 Å². The molecule has 2 rings (SSSR count). The standard InChI is InChI=1S/C12H23NS/c1-5-6-12(10-7-11(10,3)4)13-8-9(2)14-12/h9-10,13H,5-8H2,1-4H3. The van der Waals surface area contributed by atoms with Crippen LogP contribution >= 0.6 is 11.8 Å². The Morgan fingerprint density at radius 3 is 2.43 bits per heavy atom. The Balaban J connectivity index is 2.08. The van der Waals surface area contributed by atoms with Gasteiger partial charge in [-0.25, -0.2) is 0 Å². The molecule has 0 aromatic heterocycles. The second-order valence-corrected chi connectivity index (χ2v) is 7.46. The first-order valence-corrected chi connectivity index (χ1v) is 6.81. The van der Waals surface area contributed by atoms with Gasteiger partial charge in [-0.1, -0.05) is 34.1 Å². The second kappa shape index (κ2) is 3.41. The largest absolute Gasteiger partial charge is 0.301 e. The van der Waals surface area contributed by atoms with Crippen LogP contribution < -0.4 is 5.32 Å². The molecular weight excluding hydrogens is 190 g/mol. The predicted molar refractivity (Wildman–Crippen MR) is 64.6 cm³/mol. The van der Waals surface area contributed by atoms with E-state index < -0.39 is 0 Å². The molecule has 1 saturated heterocycles.